The summed E-state index contributed by atoms with van der Waals surface area (Å²) in [6.45, 7) is 1.67. The van der Waals surface area contributed by atoms with E-state index in [9.17, 15) is 22.8 Å². The molecular formula is C23H20F3N3O3. The van der Waals surface area contributed by atoms with E-state index in [0.29, 0.717) is 27.3 Å². The number of aromatic nitrogens is 1. The molecule has 0 unspecified atom stereocenters. The largest absolute Gasteiger partial charge is 0.469 e. The van der Waals surface area contributed by atoms with E-state index in [0.717, 1.165) is 18.2 Å². The van der Waals surface area contributed by atoms with Crippen LogP contribution in [0, 0.1) is 24.4 Å². The van der Waals surface area contributed by atoms with Gasteiger partial charge in [-0.2, -0.15) is 0 Å². The molecule has 2 aromatic carbocycles. The lowest BCUT2D eigenvalue weighted by molar-refractivity contribution is -0.140. The number of nitrogens with zero attached hydrogens (tertiary/aromatic N) is 2. The number of anilines is 2. The molecule has 3 aromatic rings. The number of methoxy groups -OCH3 is 1. The predicted octanol–water partition coefficient (Wildman–Crippen LogP) is 4.80. The van der Waals surface area contributed by atoms with Crippen molar-refractivity contribution >= 4 is 23.5 Å². The van der Waals surface area contributed by atoms with Gasteiger partial charge in [0.25, 0.3) is 0 Å². The first kappa shape index (κ1) is 22.8. The van der Waals surface area contributed by atoms with E-state index in [-0.39, 0.29) is 18.7 Å². The summed E-state index contributed by atoms with van der Waals surface area (Å²) in [7, 11) is 1.27. The first-order chi connectivity index (χ1) is 15.2. The Balaban J connectivity index is 2.19. The van der Waals surface area contributed by atoms with Crippen molar-refractivity contribution in [2.45, 2.75) is 19.8 Å². The highest BCUT2D eigenvalue weighted by atomic mass is 19.1. The number of carbonyl (C=O) groups is 2. The topological polar surface area (TPSA) is 85.5 Å². The summed E-state index contributed by atoms with van der Waals surface area (Å²) in [6, 6.07) is 8.96. The van der Waals surface area contributed by atoms with Crippen LogP contribution in [0.3, 0.4) is 0 Å². The Morgan fingerprint density at radius 3 is 2.34 bits per heavy atom. The van der Waals surface area contributed by atoms with Gasteiger partial charge in [-0.1, -0.05) is 12.1 Å². The molecule has 3 rings (SSSR count). The van der Waals surface area contributed by atoms with Crippen molar-refractivity contribution in [2.24, 2.45) is 5.73 Å². The number of carbonyl (C=O) groups excluding carboxylic acids is 2. The van der Waals surface area contributed by atoms with Crippen LogP contribution in [0.4, 0.5) is 29.5 Å². The number of rotatable bonds is 6. The van der Waals surface area contributed by atoms with Gasteiger partial charge in [0.05, 0.1) is 12.8 Å². The SMILES string of the molecule is COC(=O)CCc1ccc(N(C(N)=O)c2c(F)cccc2F)nc1-c1ccc(F)cc1C. The van der Waals surface area contributed by atoms with Crippen LogP contribution in [0.15, 0.2) is 48.5 Å². The smallest absolute Gasteiger partial charge is 0.325 e. The van der Waals surface area contributed by atoms with E-state index in [1.165, 1.54) is 31.4 Å². The Bertz CT molecular complexity index is 1160. The van der Waals surface area contributed by atoms with Crippen LogP contribution >= 0.6 is 0 Å². The van der Waals surface area contributed by atoms with Crippen LogP contribution in [-0.2, 0) is 16.0 Å². The Labute approximate surface area is 182 Å². The van der Waals surface area contributed by atoms with Gasteiger partial charge in [-0.15, -0.1) is 0 Å². The third kappa shape index (κ3) is 4.72. The van der Waals surface area contributed by atoms with Gasteiger partial charge in [0, 0.05) is 12.0 Å². The molecular weight excluding hydrogens is 423 g/mol. The number of amides is 2. The van der Waals surface area contributed by atoms with Gasteiger partial charge in [-0.3, -0.25) is 4.79 Å². The molecule has 0 saturated heterocycles. The molecule has 6 nitrogen and oxygen atoms in total. The van der Waals surface area contributed by atoms with Crippen molar-refractivity contribution in [1.82, 2.24) is 4.98 Å². The van der Waals surface area contributed by atoms with Crippen molar-refractivity contribution in [1.29, 1.82) is 0 Å². The van der Waals surface area contributed by atoms with Crippen molar-refractivity contribution in [3.05, 3.63) is 77.1 Å². The summed E-state index contributed by atoms with van der Waals surface area (Å²) in [4.78, 5) is 28.8. The van der Waals surface area contributed by atoms with Crippen LogP contribution in [0.5, 0.6) is 0 Å². The molecule has 0 saturated carbocycles. The number of para-hydroxylation sites is 1. The molecule has 0 aliphatic carbocycles. The second-order valence-electron chi connectivity index (χ2n) is 6.96. The Morgan fingerprint density at radius 2 is 1.75 bits per heavy atom. The third-order valence-electron chi connectivity index (χ3n) is 4.84. The molecule has 0 spiro atoms. The number of urea groups is 1. The summed E-state index contributed by atoms with van der Waals surface area (Å²) < 4.78 is 47.1. The lowest BCUT2D eigenvalue weighted by Crippen LogP contribution is -2.33. The highest BCUT2D eigenvalue weighted by Crippen LogP contribution is 2.33. The maximum absolute atomic E-state index is 14.4. The summed E-state index contributed by atoms with van der Waals surface area (Å²) in [5, 5.41) is 0. The summed E-state index contributed by atoms with van der Waals surface area (Å²) >= 11 is 0. The molecule has 0 aliphatic heterocycles. The van der Waals surface area contributed by atoms with Gasteiger partial charge in [-0.25, -0.2) is 27.8 Å². The maximum atomic E-state index is 14.4. The lowest BCUT2D eigenvalue weighted by atomic mass is 9.98. The second-order valence-corrected chi connectivity index (χ2v) is 6.96. The first-order valence-corrected chi connectivity index (χ1v) is 9.59. The highest BCUT2D eigenvalue weighted by Gasteiger charge is 2.25. The zero-order valence-electron chi connectivity index (χ0n) is 17.4. The maximum Gasteiger partial charge on any atom is 0.325 e. The lowest BCUT2D eigenvalue weighted by Gasteiger charge is -2.22. The van der Waals surface area contributed by atoms with Gasteiger partial charge in [0.1, 0.15) is 29.0 Å². The molecule has 0 fully saturated rings. The molecule has 166 valence electrons. The minimum Gasteiger partial charge on any atom is -0.469 e. The normalized spacial score (nSPS) is 10.7. The standard InChI is InChI=1S/C23H20F3N3O3/c1-13-12-15(24)8-9-16(13)21-14(7-11-20(30)32-2)6-10-19(28-21)29(23(27)31)22-17(25)4-3-5-18(22)26/h3-6,8-10,12H,7,11H2,1-2H3,(H2,27,31). The number of hydrogen-bond acceptors (Lipinski definition) is 4. The number of pyridine rings is 1. The molecule has 2 amide bonds. The fraction of sp³-hybridized carbons (Fsp3) is 0.174. The van der Waals surface area contributed by atoms with Crippen molar-refractivity contribution in [2.75, 3.05) is 12.0 Å². The van der Waals surface area contributed by atoms with Crippen molar-refractivity contribution in [3.8, 4) is 11.3 Å². The number of hydrogen-bond donors (Lipinski definition) is 1. The van der Waals surface area contributed by atoms with E-state index in [1.807, 2.05) is 0 Å². The minimum atomic E-state index is -1.15. The second kappa shape index (κ2) is 9.51. The van der Waals surface area contributed by atoms with Gasteiger partial charge in [0.2, 0.25) is 0 Å². The first-order valence-electron chi connectivity index (χ1n) is 9.59. The van der Waals surface area contributed by atoms with Gasteiger partial charge >= 0.3 is 12.0 Å². The summed E-state index contributed by atoms with van der Waals surface area (Å²) in [6.07, 6.45) is 0.281. The monoisotopic (exact) mass is 443 g/mol. The Hall–Kier alpha value is -3.88. The molecule has 1 heterocycles. The fourth-order valence-corrected chi connectivity index (χ4v) is 3.31. The quantitative estimate of drug-likeness (QED) is 0.555. The zero-order valence-corrected chi connectivity index (χ0v) is 17.4. The van der Waals surface area contributed by atoms with E-state index in [2.05, 4.69) is 9.72 Å². The van der Waals surface area contributed by atoms with Crippen molar-refractivity contribution < 1.29 is 27.5 Å². The zero-order chi connectivity index (χ0) is 23.4. The number of esters is 1. The molecule has 1 aromatic heterocycles. The van der Waals surface area contributed by atoms with E-state index >= 15 is 0 Å². The van der Waals surface area contributed by atoms with E-state index in [4.69, 9.17) is 5.73 Å². The molecule has 32 heavy (non-hydrogen) atoms. The van der Waals surface area contributed by atoms with Crippen LogP contribution in [0.25, 0.3) is 11.3 Å². The minimum absolute atomic E-state index is 0.0479. The molecule has 0 radical (unpaired) electrons. The number of halogens is 3. The molecule has 0 atom stereocenters. The van der Waals surface area contributed by atoms with Gasteiger partial charge in [-0.05, 0) is 60.9 Å². The average molecular weight is 443 g/mol. The molecule has 2 N–H and O–H groups in total. The molecule has 0 bridgehead atoms. The number of aryl methyl sites for hydroxylation is 2. The number of benzene rings is 2. The van der Waals surface area contributed by atoms with Crippen LogP contribution in [0.2, 0.25) is 0 Å². The fourth-order valence-electron chi connectivity index (χ4n) is 3.31. The number of ether oxygens (including phenoxy) is 1. The Kier molecular flexibility index (Phi) is 6.77. The molecule has 0 aliphatic rings. The van der Waals surface area contributed by atoms with Crippen LogP contribution in [-0.4, -0.2) is 24.1 Å². The van der Waals surface area contributed by atoms with Gasteiger partial charge in [0.15, 0.2) is 0 Å². The van der Waals surface area contributed by atoms with Gasteiger partial charge < -0.3 is 10.5 Å². The van der Waals surface area contributed by atoms with Crippen LogP contribution < -0.4 is 10.6 Å². The van der Waals surface area contributed by atoms with Crippen molar-refractivity contribution in [3.63, 3.8) is 0 Å². The molecule has 9 heteroatoms. The van der Waals surface area contributed by atoms with E-state index in [1.54, 1.807) is 13.0 Å². The average Bonchev–Trinajstić information content (AvgIpc) is 2.74. The summed E-state index contributed by atoms with van der Waals surface area (Å²) in [5.41, 5.74) is 6.73. The third-order valence-corrected chi connectivity index (χ3v) is 4.84. The summed E-state index contributed by atoms with van der Waals surface area (Å²) in [5.74, 6) is -3.03. The number of nitrogens with two attached hydrogens (primary N) is 1. The number of primary amides is 1. The highest BCUT2D eigenvalue weighted by molar-refractivity contribution is 5.98. The van der Waals surface area contributed by atoms with Crippen LogP contribution in [0.1, 0.15) is 17.5 Å². The predicted molar refractivity (Wildman–Crippen MR) is 113 cm³/mol. The Morgan fingerprint density at radius 1 is 1.06 bits per heavy atom. The van der Waals surface area contributed by atoms with E-state index < -0.39 is 35.1 Å².